The van der Waals surface area contributed by atoms with Crippen LogP contribution in [0.15, 0.2) is 224 Å². The van der Waals surface area contributed by atoms with Crippen molar-refractivity contribution in [3.63, 3.8) is 0 Å². The van der Waals surface area contributed by atoms with E-state index in [1.54, 1.807) is 0 Å². The van der Waals surface area contributed by atoms with Crippen LogP contribution in [-0.2, 0) is 16.2 Å². The number of benzene rings is 10. The standard InChI is InChI=1S/C67H49N/c1-65(2)54-27-15-14-26-52(54)63-60(65)41-61-64(62(63)44-21-9-6-10-22-44)53-39-46(36-38-55(53)66(61,3)4)68(45-33-31-43(32-34-45)42-19-7-5-8-20-42)47-35-37-51-50-25-13-18-30-58(50)67(59(51)40-47)56-28-16-11-23-48(56)49-24-12-17-29-57(49)67/h5-41H,1-4H3. The van der Waals surface area contributed by atoms with Gasteiger partial charge >= 0.3 is 0 Å². The predicted molar refractivity (Wildman–Crippen MR) is 283 cm³/mol. The van der Waals surface area contributed by atoms with Crippen LogP contribution < -0.4 is 4.90 Å². The van der Waals surface area contributed by atoms with Crippen LogP contribution in [0.25, 0.3) is 66.8 Å². The van der Waals surface area contributed by atoms with Gasteiger partial charge in [0.15, 0.2) is 0 Å². The fourth-order valence-electron chi connectivity index (χ4n) is 13.2. The maximum atomic E-state index is 2.58. The summed E-state index contributed by atoms with van der Waals surface area (Å²) in [6.07, 6.45) is 0. The molecule has 10 aromatic carbocycles. The van der Waals surface area contributed by atoms with Crippen molar-refractivity contribution < 1.29 is 0 Å². The molecule has 10 aromatic rings. The minimum atomic E-state index is -0.451. The van der Waals surface area contributed by atoms with E-state index in [0.717, 1.165) is 17.1 Å². The zero-order valence-corrected chi connectivity index (χ0v) is 38.8. The van der Waals surface area contributed by atoms with E-state index in [4.69, 9.17) is 0 Å². The lowest BCUT2D eigenvalue weighted by Crippen LogP contribution is -2.26. The lowest BCUT2D eigenvalue weighted by Gasteiger charge is -2.32. The number of nitrogens with zero attached hydrogens (tertiary/aromatic N) is 1. The van der Waals surface area contributed by atoms with Gasteiger partial charge in [-0.15, -0.1) is 0 Å². The average molecular weight is 868 g/mol. The Hall–Kier alpha value is -8.00. The van der Waals surface area contributed by atoms with Gasteiger partial charge in [0.25, 0.3) is 0 Å². The zero-order valence-electron chi connectivity index (χ0n) is 38.8. The van der Waals surface area contributed by atoms with Crippen molar-refractivity contribution in [1.82, 2.24) is 0 Å². The van der Waals surface area contributed by atoms with Crippen molar-refractivity contribution in [1.29, 1.82) is 0 Å². The van der Waals surface area contributed by atoms with E-state index in [2.05, 4.69) is 257 Å². The van der Waals surface area contributed by atoms with Crippen LogP contribution >= 0.6 is 0 Å². The second kappa shape index (κ2) is 14.0. The SMILES string of the molecule is CC1(C)c2ccccc2-c2c1cc1c(c2-c2ccccc2)-c2cc(N(c3ccc(-c4ccccc4)cc3)c3ccc4c(c3)C3(c5ccccc5-c5ccccc53)c3ccccc3-4)ccc2C1(C)C. The van der Waals surface area contributed by atoms with Crippen molar-refractivity contribution in [2.75, 3.05) is 4.90 Å². The van der Waals surface area contributed by atoms with E-state index >= 15 is 0 Å². The molecule has 4 aliphatic rings. The van der Waals surface area contributed by atoms with Crippen LogP contribution in [0.1, 0.15) is 72.2 Å². The molecule has 1 heteroatoms. The second-order valence-corrected chi connectivity index (χ2v) is 20.4. The maximum absolute atomic E-state index is 2.58. The predicted octanol–water partition coefficient (Wildman–Crippen LogP) is 17.4. The molecule has 0 aliphatic heterocycles. The summed E-state index contributed by atoms with van der Waals surface area (Å²) in [5, 5.41) is 0. The molecule has 1 nitrogen and oxygen atoms in total. The van der Waals surface area contributed by atoms with Crippen LogP contribution in [0.4, 0.5) is 17.1 Å². The summed E-state index contributed by atoms with van der Waals surface area (Å²) in [6.45, 7) is 9.69. The first-order valence-electron chi connectivity index (χ1n) is 24.2. The van der Waals surface area contributed by atoms with E-state index in [1.165, 1.54) is 111 Å². The summed E-state index contributed by atoms with van der Waals surface area (Å²) < 4.78 is 0. The Balaban J connectivity index is 1.03. The summed E-state index contributed by atoms with van der Waals surface area (Å²) in [5.41, 5.74) is 29.2. The average Bonchev–Trinajstić information content (AvgIpc) is 4.01. The molecule has 0 radical (unpaired) electrons. The number of hydrogen-bond acceptors (Lipinski definition) is 1. The van der Waals surface area contributed by atoms with Gasteiger partial charge in [-0.25, -0.2) is 0 Å². The molecule has 0 atom stereocenters. The van der Waals surface area contributed by atoms with Gasteiger partial charge in [0.1, 0.15) is 0 Å². The first-order valence-corrected chi connectivity index (χ1v) is 24.2. The molecule has 4 aliphatic carbocycles. The van der Waals surface area contributed by atoms with Crippen LogP contribution in [-0.4, -0.2) is 0 Å². The molecule has 0 saturated carbocycles. The fraction of sp³-hybridized carbons (Fsp3) is 0.104. The molecule has 0 N–H and O–H groups in total. The van der Waals surface area contributed by atoms with Gasteiger partial charge in [-0.3, -0.25) is 0 Å². The van der Waals surface area contributed by atoms with E-state index in [9.17, 15) is 0 Å². The highest BCUT2D eigenvalue weighted by atomic mass is 15.1. The zero-order chi connectivity index (χ0) is 45.5. The van der Waals surface area contributed by atoms with E-state index in [-0.39, 0.29) is 10.8 Å². The molecule has 1 spiro atoms. The van der Waals surface area contributed by atoms with Gasteiger partial charge < -0.3 is 4.90 Å². The molecular formula is C67H49N. The Morgan fingerprint density at radius 2 is 0.662 bits per heavy atom. The number of rotatable bonds is 5. The minimum Gasteiger partial charge on any atom is -0.310 e. The highest BCUT2D eigenvalue weighted by Gasteiger charge is 2.52. The quantitative estimate of drug-likeness (QED) is 0.167. The molecule has 0 aromatic heterocycles. The van der Waals surface area contributed by atoms with Gasteiger partial charge in [0.05, 0.1) is 5.41 Å². The van der Waals surface area contributed by atoms with Crippen molar-refractivity contribution in [2.45, 2.75) is 43.9 Å². The summed E-state index contributed by atoms with van der Waals surface area (Å²) in [6, 6.07) is 84.7. The third kappa shape index (κ3) is 5.11. The number of anilines is 3. The third-order valence-corrected chi connectivity index (χ3v) is 16.3. The van der Waals surface area contributed by atoms with Gasteiger partial charge in [-0.2, -0.15) is 0 Å². The molecule has 68 heavy (non-hydrogen) atoms. The normalized spacial score (nSPS) is 15.1. The van der Waals surface area contributed by atoms with Gasteiger partial charge in [0.2, 0.25) is 0 Å². The van der Waals surface area contributed by atoms with Gasteiger partial charge in [-0.1, -0.05) is 216 Å². The molecule has 0 bridgehead atoms. The summed E-state index contributed by atoms with van der Waals surface area (Å²) in [4.78, 5) is 2.51. The second-order valence-electron chi connectivity index (χ2n) is 20.4. The summed E-state index contributed by atoms with van der Waals surface area (Å²) in [7, 11) is 0. The van der Waals surface area contributed by atoms with Crippen LogP contribution in [0.2, 0.25) is 0 Å². The van der Waals surface area contributed by atoms with Crippen molar-refractivity contribution >= 4 is 17.1 Å². The van der Waals surface area contributed by atoms with Crippen LogP contribution in [0.3, 0.4) is 0 Å². The van der Waals surface area contributed by atoms with Crippen molar-refractivity contribution in [2.24, 2.45) is 0 Å². The monoisotopic (exact) mass is 867 g/mol. The maximum Gasteiger partial charge on any atom is 0.0726 e. The first kappa shape index (κ1) is 39.2. The lowest BCUT2D eigenvalue weighted by atomic mass is 9.70. The minimum absolute atomic E-state index is 0.131. The molecule has 14 rings (SSSR count). The largest absolute Gasteiger partial charge is 0.310 e. The molecule has 0 fully saturated rings. The Kier molecular flexibility index (Phi) is 8.08. The molecule has 0 unspecified atom stereocenters. The Morgan fingerprint density at radius 3 is 1.25 bits per heavy atom. The Bertz CT molecular complexity index is 3660. The van der Waals surface area contributed by atoms with E-state index in [0.29, 0.717) is 0 Å². The number of hydrogen-bond donors (Lipinski definition) is 0. The number of fused-ring (bicyclic) bond motifs is 16. The molecule has 0 heterocycles. The molecule has 0 saturated heterocycles. The van der Waals surface area contributed by atoms with Gasteiger partial charge in [0, 0.05) is 27.9 Å². The molecule has 0 amide bonds. The Labute approximate surface area is 399 Å². The molecule has 322 valence electrons. The summed E-state index contributed by atoms with van der Waals surface area (Å²) in [5.74, 6) is 0. The summed E-state index contributed by atoms with van der Waals surface area (Å²) >= 11 is 0. The van der Waals surface area contributed by atoms with Crippen molar-refractivity contribution in [3.8, 4) is 66.8 Å². The highest BCUT2D eigenvalue weighted by Crippen LogP contribution is 2.64. The third-order valence-electron chi connectivity index (χ3n) is 16.3. The fourth-order valence-corrected chi connectivity index (χ4v) is 13.2. The first-order chi connectivity index (χ1) is 33.3. The van der Waals surface area contributed by atoms with E-state index in [1.807, 2.05) is 0 Å². The van der Waals surface area contributed by atoms with Crippen molar-refractivity contribution in [3.05, 3.63) is 269 Å². The highest BCUT2D eigenvalue weighted by molar-refractivity contribution is 6.05. The van der Waals surface area contributed by atoms with E-state index < -0.39 is 5.41 Å². The van der Waals surface area contributed by atoms with Crippen LogP contribution in [0.5, 0.6) is 0 Å². The topological polar surface area (TPSA) is 3.24 Å². The van der Waals surface area contributed by atoms with Crippen LogP contribution in [0, 0.1) is 0 Å². The lowest BCUT2D eigenvalue weighted by molar-refractivity contribution is 0.639. The van der Waals surface area contributed by atoms with Gasteiger partial charge in [-0.05, 0) is 148 Å². The molecular weight excluding hydrogens is 819 g/mol. The Morgan fingerprint density at radius 1 is 0.250 bits per heavy atom. The smallest absolute Gasteiger partial charge is 0.0726 e.